The summed E-state index contributed by atoms with van der Waals surface area (Å²) in [7, 11) is 2.96. The van der Waals surface area contributed by atoms with Gasteiger partial charge in [-0.2, -0.15) is 0 Å². The normalized spacial score (nSPS) is 11.4. The summed E-state index contributed by atoms with van der Waals surface area (Å²) < 4.78 is 15.8. The number of aliphatic carboxylic acids is 1. The largest absolute Gasteiger partial charge is 0.550 e. The van der Waals surface area contributed by atoms with E-state index in [1.807, 2.05) is 6.92 Å². The standard InChI is InChI=1S/C20H22ClNO6/c1-12-8-14(5-6-15(12)21)28-11-19(23)22-16(10-20(24)25)13-4-7-17(26-2)18(9-13)27-3/h4-9,16H,10-11H2,1-3H3,(H,22,23)(H,24,25)/p-1/t16-/m0/s1. The second-order valence-electron chi connectivity index (χ2n) is 6.01. The van der Waals surface area contributed by atoms with E-state index in [9.17, 15) is 14.7 Å². The average Bonchev–Trinajstić information content (AvgIpc) is 2.67. The number of hydrogen-bond donors (Lipinski definition) is 1. The fourth-order valence-corrected chi connectivity index (χ4v) is 2.70. The number of carbonyl (C=O) groups excluding carboxylic acids is 2. The van der Waals surface area contributed by atoms with Gasteiger partial charge in [-0.3, -0.25) is 4.79 Å². The second-order valence-corrected chi connectivity index (χ2v) is 6.42. The number of carboxylic acids is 1. The molecular weight excluding hydrogens is 386 g/mol. The van der Waals surface area contributed by atoms with Crippen LogP contribution in [0.3, 0.4) is 0 Å². The Morgan fingerprint density at radius 1 is 1.11 bits per heavy atom. The van der Waals surface area contributed by atoms with E-state index < -0.39 is 24.3 Å². The van der Waals surface area contributed by atoms with Crippen molar-refractivity contribution < 1.29 is 28.9 Å². The van der Waals surface area contributed by atoms with Gasteiger partial charge >= 0.3 is 0 Å². The molecule has 0 aromatic heterocycles. The molecule has 0 saturated heterocycles. The van der Waals surface area contributed by atoms with E-state index in [-0.39, 0.29) is 6.61 Å². The first-order valence-corrected chi connectivity index (χ1v) is 8.82. The van der Waals surface area contributed by atoms with E-state index in [0.29, 0.717) is 27.8 Å². The van der Waals surface area contributed by atoms with Crippen LogP contribution in [-0.2, 0) is 9.59 Å². The Hall–Kier alpha value is -2.93. The van der Waals surface area contributed by atoms with Crippen LogP contribution in [0.4, 0.5) is 0 Å². The van der Waals surface area contributed by atoms with E-state index >= 15 is 0 Å². The van der Waals surface area contributed by atoms with E-state index in [0.717, 1.165) is 5.56 Å². The third-order valence-electron chi connectivity index (χ3n) is 4.02. The molecule has 0 fully saturated rings. The summed E-state index contributed by atoms with van der Waals surface area (Å²) in [5, 5.41) is 14.4. The molecule has 0 heterocycles. The minimum Gasteiger partial charge on any atom is -0.550 e. The lowest BCUT2D eigenvalue weighted by atomic mass is 10.0. The number of carbonyl (C=O) groups is 2. The van der Waals surface area contributed by atoms with Crippen LogP contribution in [0.5, 0.6) is 17.2 Å². The molecule has 1 atom stereocenters. The lowest BCUT2D eigenvalue weighted by Crippen LogP contribution is -2.36. The molecule has 0 unspecified atom stereocenters. The highest BCUT2D eigenvalue weighted by Gasteiger charge is 2.18. The van der Waals surface area contributed by atoms with Crippen LogP contribution in [0.1, 0.15) is 23.6 Å². The highest BCUT2D eigenvalue weighted by Crippen LogP contribution is 2.31. The molecule has 8 heteroatoms. The molecule has 7 nitrogen and oxygen atoms in total. The summed E-state index contributed by atoms with van der Waals surface area (Å²) in [4.78, 5) is 23.4. The molecule has 28 heavy (non-hydrogen) atoms. The number of nitrogens with one attached hydrogen (secondary N) is 1. The van der Waals surface area contributed by atoms with E-state index in [2.05, 4.69) is 5.32 Å². The molecule has 0 bridgehead atoms. The molecule has 150 valence electrons. The Labute approximate surface area is 168 Å². The molecule has 0 aliphatic rings. The molecule has 0 spiro atoms. The van der Waals surface area contributed by atoms with Crippen molar-refractivity contribution >= 4 is 23.5 Å². The fraction of sp³-hybridized carbons (Fsp3) is 0.300. The van der Waals surface area contributed by atoms with Gasteiger partial charge in [-0.25, -0.2) is 0 Å². The molecule has 0 aliphatic carbocycles. The fourth-order valence-electron chi connectivity index (χ4n) is 2.58. The number of ether oxygens (including phenoxy) is 3. The molecule has 0 saturated carbocycles. The number of methoxy groups -OCH3 is 2. The smallest absolute Gasteiger partial charge is 0.258 e. The average molecular weight is 407 g/mol. The van der Waals surface area contributed by atoms with Crippen LogP contribution in [0.25, 0.3) is 0 Å². The first kappa shape index (κ1) is 21.4. The molecule has 2 rings (SSSR count). The van der Waals surface area contributed by atoms with Crippen molar-refractivity contribution in [2.24, 2.45) is 0 Å². The van der Waals surface area contributed by atoms with E-state index in [1.54, 1.807) is 36.4 Å². The van der Waals surface area contributed by atoms with Gasteiger partial charge < -0.3 is 29.4 Å². The van der Waals surface area contributed by atoms with Gasteiger partial charge in [0.05, 0.1) is 20.3 Å². The van der Waals surface area contributed by atoms with Gasteiger partial charge in [-0.15, -0.1) is 0 Å². The van der Waals surface area contributed by atoms with Gasteiger partial charge in [0.2, 0.25) is 0 Å². The van der Waals surface area contributed by atoms with Crippen LogP contribution in [0.2, 0.25) is 5.02 Å². The summed E-state index contributed by atoms with van der Waals surface area (Å²) in [6.07, 6.45) is -0.402. The highest BCUT2D eigenvalue weighted by atomic mass is 35.5. The summed E-state index contributed by atoms with van der Waals surface area (Å²) in [6.45, 7) is 1.54. The van der Waals surface area contributed by atoms with Crippen molar-refractivity contribution in [3.63, 3.8) is 0 Å². The third-order valence-corrected chi connectivity index (χ3v) is 4.44. The molecule has 0 aliphatic heterocycles. The lowest BCUT2D eigenvalue weighted by Gasteiger charge is -2.21. The zero-order valence-corrected chi connectivity index (χ0v) is 16.5. The van der Waals surface area contributed by atoms with Gasteiger partial charge in [-0.05, 0) is 48.4 Å². The Balaban J connectivity index is 2.09. The van der Waals surface area contributed by atoms with Crippen LogP contribution in [-0.4, -0.2) is 32.7 Å². The quantitative estimate of drug-likeness (QED) is 0.684. The molecule has 2 aromatic carbocycles. The Morgan fingerprint density at radius 2 is 1.82 bits per heavy atom. The van der Waals surface area contributed by atoms with Crippen molar-refractivity contribution in [1.82, 2.24) is 5.32 Å². The van der Waals surface area contributed by atoms with Gasteiger partial charge in [0.25, 0.3) is 5.91 Å². The highest BCUT2D eigenvalue weighted by molar-refractivity contribution is 6.31. The van der Waals surface area contributed by atoms with Gasteiger partial charge in [0.15, 0.2) is 18.1 Å². The van der Waals surface area contributed by atoms with E-state index in [1.165, 1.54) is 14.2 Å². The number of benzene rings is 2. The summed E-state index contributed by atoms with van der Waals surface area (Å²) in [5.74, 6) is -0.376. The molecule has 0 radical (unpaired) electrons. The maximum absolute atomic E-state index is 12.3. The van der Waals surface area contributed by atoms with Crippen LogP contribution < -0.4 is 24.6 Å². The topological polar surface area (TPSA) is 96.9 Å². The minimum atomic E-state index is -1.30. The first-order valence-electron chi connectivity index (χ1n) is 8.44. The Kier molecular flexibility index (Phi) is 7.52. The van der Waals surface area contributed by atoms with Crippen LogP contribution in [0, 0.1) is 6.92 Å². The lowest BCUT2D eigenvalue weighted by molar-refractivity contribution is -0.306. The van der Waals surface area contributed by atoms with Gasteiger partial charge in [-0.1, -0.05) is 17.7 Å². The Morgan fingerprint density at radius 3 is 2.43 bits per heavy atom. The van der Waals surface area contributed by atoms with Crippen molar-refractivity contribution in [2.75, 3.05) is 20.8 Å². The number of carboxylic acid groups (broad SMARTS) is 1. The molecule has 2 aromatic rings. The Bertz CT molecular complexity index is 855. The predicted octanol–water partition coefficient (Wildman–Crippen LogP) is 2.04. The predicted molar refractivity (Wildman–Crippen MR) is 102 cm³/mol. The SMILES string of the molecule is COc1ccc([C@H](CC(=O)[O-])NC(=O)COc2ccc(Cl)c(C)c2)cc1OC. The maximum Gasteiger partial charge on any atom is 0.258 e. The maximum atomic E-state index is 12.3. The minimum absolute atomic E-state index is 0.280. The third kappa shape index (κ3) is 5.79. The number of aryl methyl sites for hydroxylation is 1. The molecule has 1 N–H and O–H groups in total. The number of hydrogen-bond acceptors (Lipinski definition) is 6. The zero-order valence-electron chi connectivity index (χ0n) is 15.8. The first-order chi connectivity index (χ1) is 13.3. The number of rotatable bonds is 9. The van der Waals surface area contributed by atoms with Crippen LogP contribution in [0.15, 0.2) is 36.4 Å². The van der Waals surface area contributed by atoms with Crippen molar-refractivity contribution in [2.45, 2.75) is 19.4 Å². The monoisotopic (exact) mass is 406 g/mol. The van der Waals surface area contributed by atoms with Gasteiger partial charge in [0.1, 0.15) is 5.75 Å². The molecular formula is C20H21ClNO6-. The van der Waals surface area contributed by atoms with Crippen molar-refractivity contribution in [3.05, 3.63) is 52.5 Å². The second kappa shape index (κ2) is 9.85. The zero-order chi connectivity index (χ0) is 20.7. The molecule has 1 amide bonds. The summed E-state index contributed by atoms with van der Waals surface area (Å²) in [5.41, 5.74) is 1.36. The van der Waals surface area contributed by atoms with Gasteiger partial charge in [0, 0.05) is 17.4 Å². The number of amides is 1. The number of halogens is 1. The van der Waals surface area contributed by atoms with Crippen LogP contribution >= 0.6 is 11.6 Å². The summed E-state index contributed by atoms with van der Waals surface area (Å²) in [6, 6.07) is 9.11. The van der Waals surface area contributed by atoms with Crippen molar-refractivity contribution in [1.29, 1.82) is 0 Å². The van der Waals surface area contributed by atoms with Crippen molar-refractivity contribution in [3.8, 4) is 17.2 Å². The van der Waals surface area contributed by atoms with E-state index in [4.69, 9.17) is 25.8 Å². The summed E-state index contributed by atoms with van der Waals surface area (Å²) >= 11 is 5.96.